The number of nitrogens with zero attached hydrogens (tertiary/aromatic N) is 2. The van der Waals surface area contributed by atoms with Gasteiger partial charge in [-0.3, -0.25) is 14.7 Å². The van der Waals surface area contributed by atoms with Crippen LogP contribution >= 0.6 is 0 Å². The van der Waals surface area contributed by atoms with Crippen molar-refractivity contribution in [3.8, 4) is 0 Å². The van der Waals surface area contributed by atoms with Crippen molar-refractivity contribution in [2.45, 2.75) is 6.04 Å². The van der Waals surface area contributed by atoms with Crippen LogP contribution in [-0.4, -0.2) is 61.7 Å². The van der Waals surface area contributed by atoms with Gasteiger partial charge in [0.05, 0.1) is 31.9 Å². The molecule has 7 heteroatoms. The first-order valence-electron chi connectivity index (χ1n) is 8.88. The minimum absolute atomic E-state index is 0.0633. The lowest BCUT2D eigenvalue weighted by molar-refractivity contribution is 0.0162. The third kappa shape index (κ3) is 4.90. The van der Waals surface area contributed by atoms with Gasteiger partial charge in [-0.05, 0) is 17.7 Å². The van der Waals surface area contributed by atoms with Crippen LogP contribution in [0, 0.1) is 0 Å². The maximum atomic E-state index is 12.5. The molecule has 1 aromatic heterocycles. The number of amides is 1. The Balaban J connectivity index is 1.67. The summed E-state index contributed by atoms with van der Waals surface area (Å²) < 4.78 is 10.1. The Morgan fingerprint density at radius 2 is 1.93 bits per heavy atom. The number of morpholine rings is 1. The van der Waals surface area contributed by atoms with E-state index in [0.717, 1.165) is 18.7 Å². The van der Waals surface area contributed by atoms with E-state index in [1.54, 1.807) is 0 Å². The average Bonchev–Trinajstić information content (AvgIpc) is 2.75. The molecule has 1 aliphatic rings. The third-order valence-electron chi connectivity index (χ3n) is 4.54. The van der Waals surface area contributed by atoms with Gasteiger partial charge in [0.1, 0.15) is 5.69 Å². The Morgan fingerprint density at radius 3 is 2.56 bits per heavy atom. The Kier molecular flexibility index (Phi) is 6.51. The molecule has 0 unspecified atom stereocenters. The van der Waals surface area contributed by atoms with Gasteiger partial charge in [-0.2, -0.15) is 0 Å². The SMILES string of the molecule is COC(=O)c1ccc(C(=O)NC[C@H](c2ccccc2)N2CCOCC2)nc1. The number of hydrogen-bond donors (Lipinski definition) is 1. The van der Waals surface area contributed by atoms with Crippen molar-refractivity contribution in [3.63, 3.8) is 0 Å². The summed E-state index contributed by atoms with van der Waals surface area (Å²) in [5.41, 5.74) is 1.72. The van der Waals surface area contributed by atoms with E-state index < -0.39 is 5.97 Å². The van der Waals surface area contributed by atoms with Gasteiger partial charge in [-0.15, -0.1) is 0 Å². The van der Waals surface area contributed by atoms with E-state index in [4.69, 9.17) is 4.74 Å². The first-order valence-corrected chi connectivity index (χ1v) is 8.88. The van der Waals surface area contributed by atoms with Crippen LogP contribution in [0.1, 0.15) is 32.5 Å². The third-order valence-corrected chi connectivity index (χ3v) is 4.54. The van der Waals surface area contributed by atoms with Crippen molar-refractivity contribution < 1.29 is 19.1 Å². The quantitative estimate of drug-likeness (QED) is 0.780. The number of ether oxygens (including phenoxy) is 2. The molecule has 1 aliphatic heterocycles. The monoisotopic (exact) mass is 369 g/mol. The van der Waals surface area contributed by atoms with Crippen molar-refractivity contribution in [3.05, 3.63) is 65.5 Å². The number of benzene rings is 1. The molecule has 1 aromatic carbocycles. The van der Waals surface area contributed by atoms with Crippen LogP contribution in [-0.2, 0) is 9.47 Å². The fourth-order valence-corrected chi connectivity index (χ4v) is 3.07. The second-order valence-electron chi connectivity index (χ2n) is 6.21. The maximum Gasteiger partial charge on any atom is 0.339 e. The average molecular weight is 369 g/mol. The van der Waals surface area contributed by atoms with Crippen LogP contribution in [0.25, 0.3) is 0 Å². The molecule has 1 amide bonds. The molecule has 3 rings (SSSR count). The van der Waals surface area contributed by atoms with Gasteiger partial charge in [0, 0.05) is 25.8 Å². The summed E-state index contributed by atoms with van der Waals surface area (Å²) in [5, 5.41) is 2.96. The molecule has 2 heterocycles. The Hall–Kier alpha value is -2.77. The molecule has 1 saturated heterocycles. The summed E-state index contributed by atoms with van der Waals surface area (Å²) >= 11 is 0. The Bertz CT molecular complexity index is 759. The van der Waals surface area contributed by atoms with Crippen molar-refractivity contribution in [2.75, 3.05) is 40.0 Å². The van der Waals surface area contributed by atoms with E-state index >= 15 is 0 Å². The molecule has 0 radical (unpaired) electrons. The molecule has 2 aromatic rings. The minimum Gasteiger partial charge on any atom is -0.465 e. The van der Waals surface area contributed by atoms with Crippen LogP contribution in [0.5, 0.6) is 0 Å². The summed E-state index contributed by atoms with van der Waals surface area (Å²) in [7, 11) is 1.30. The second kappa shape index (κ2) is 9.25. The molecular formula is C20H23N3O4. The standard InChI is InChI=1S/C20H23N3O4/c1-26-20(25)16-7-8-17(21-13-16)19(24)22-14-18(15-5-3-2-4-6-15)23-9-11-27-12-10-23/h2-8,13,18H,9-12,14H2,1H3,(H,22,24)/t18-/m1/s1. The molecule has 1 atom stereocenters. The highest BCUT2D eigenvalue weighted by Crippen LogP contribution is 2.21. The highest BCUT2D eigenvalue weighted by Gasteiger charge is 2.23. The molecule has 142 valence electrons. The number of nitrogens with one attached hydrogen (secondary N) is 1. The number of pyridine rings is 1. The molecule has 1 N–H and O–H groups in total. The highest BCUT2D eigenvalue weighted by atomic mass is 16.5. The summed E-state index contributed by atoms with van der Waals surface area (Å²) in [6, 6.07) is 13.2. The Labute approximate surface area is 158 Å². The van der Waals surface area contributed by atoms with Gasteiger partial charge in [-0.25, -0.2) is 4.79 Å². The first-order chi connectivity index (χ1) is 13.2. The van der Waals surface area contributed by atoms with Crippen LogP contribution in [0.4, 0.5) is 0 Å². The van der Waals surface area contributed by atoms with Crippen molar-refractivity contribution in [1.82, 2.24) is 15.2 Å². The van der Waals surface area contributed by atoms with Gasteiger partial charge in [0.15, 0.2) is 0 Å². The number of carbonyl (C=O) groups excluding carboxylic acids is 2. The summed E-state index contributed by atoms with van der Waals surface area (Å²) in [5.74, 6) is -0.758. The normalized spacial score (nSPS) is 15.7. The molecular weight excluding hydrogens is 346 g/mol. The molecule has 7 nitrogen and oxygen atoms in total. The van der Waals surface area contributed by atoms with Crippen molar-refractivity contribution in [2.24, 2.45) is 0 Å². The lowest BCUT2D eigenvalue weighted by Crippen LogP contribution is -2.43. The van der Waals surface area contributed by atoms with Crippen molar-refractivity contribution in [1.29, 1.82) is 0 Å². The van der Waals surface area contributed by atoms with E-state index in [1.807, 2.05) is 18.2 Å². The van der Waals surface area contributed by atoms with Crippen LogP contribution < -0.4 is 5.32 Å². The zero-order valence-corrected chi connectivity index (χ0v) is 15.3. The molecule has 0 bridgehead atoms. The van der Waals surface area contributed by atoms with Gasteiger partial charge >= 0.3 is 5.97 Å². The lowest BCUT2D eigenvalue weighted by Gasteiger charge is -2.34. The van der Waals surface area contributed by atoms with Crippen LogP contribution in [0.2, 0.25) is 0 Å². The minimum atomic E-state index is -0.481. The van der Waals surface area contributed by atoms with E-state index in [9.17, 15) is 9.59 Å². The number of rotatable bonds is 6. The highest BCUT2D eigenvalue weighted by molar-refractivity contribution is 5.94. The second-order valence-corrected chi connectivity index (χ2v) is 6.21. The molecule has 27 heavy (non-hydrogen) atoms. The fourth-order valence-electron chi connectivity index (χ4n) is 3.07. The maximum absolute atomic E-state index is 12.5. The largest absolute Gasteiger partial charge is 0.465 e. The van der Waals surface area contributed by atoms with Gasteiger partial charge in [-0.1, -0.05) is 30.3 Å². The van der Waals surface area contributed by atoms with E-state index in [1.165, 1.54) is 25.4 Å². The molecule has 0 spiro atoms. The van der Waals surface area contributed by atoms with E-state index in [-0.39, 0.29) is 17.6 Å². The number of esters is 1. The summed E-state index contributed by atoms with van der Waals surface area (Å²) in [4.78, 5) is 30.3. The molecule has 0 saturated carbocycles. The number of methoxy groups -OCH3 is 1. The van der Waals surface area contributed by atoms with Gasteiger partial charge < -0.3 is 14.8 Å². The number of hydrogen-bond acceptors (Lipinski definition) is 6. The summed E-state index contributed by atoms with van der Waals surface area (Å²) in [6.07, 6.45) is 1.34. The predicted molar refractivity (Wildman–Crippen MR) is 99.5 cm³/mol. The van der Waals surface area contributed by atoms with Crippen LogP contribution in [0.3, 0.4) is 0 Å². The van der Waals surface area contributed by atoms with Gasteiger partial charge in [0.25, 0.3) is 5.91 Å². The Morgan fingerprint density at radius 1 is 1.19 bits per heavy atom. The topological polar surface area (TPSA) is 80.8 Å². The lowest BCUT2D eigenvalue weighted by atomic mass is 10.0. The van der Waals surface area contributed by atoms with Gasteiger partial charge in [0.2, 0.25) is 0 Å². The van der Waals surface area contributed by atoms with E-state index in [2.05, 4.69) is 32.1 Å². The molecule has 1 fully saturated rings. The first kappa shape index (κ1) is 19.0. The number of carbonyl (C=O) groups is 2. The zero-order chi connectivity index (χ0) is 19.1. The van der Waals surface area contributed by atoms with Crippen molar-refractivity contribution >= 4 is 11.9 Å². The molecule has 0 aliphatic carbocycles. The van der Waals surface area contributed by atoms with E-state index in [0.29, 0.717) is 25.3 Å². The predicted octanol–water partition coefficient (Wildman–Crippen LogP) is 1.67. The number of aromatic nitrogens is 1. The fraction of sp³-hybridized carbons (Fsp3) is 0.350. The smallest absolute Gasteiger partial charge is 0.339 e. The zero-order valence-electron chi connectivity index (χ0n) is 15.3. The summed E-state index contributed by atoms with van der Waals surface area (Å²) in [6.45, 7) is 3.48. The van der Waals surface area contributed by atoms with Crippen LogP contribution in [0.15, 0.2) is 48.7 Å².